The monoisotopic (exact) mass is 2380 g/mol. The molecule has 0 saturated carbocycles. The van der Waals surface area contributed by atoms with E-state index >= 15 is 0 Å². The first-order chi connectivity index (χ1) is 61.6. The van der Waals surface area contributed by atoms with E-state index in [0.29, 0.717) is 0 Å². The molecule has 20 aromatic rings. The molecule has 0 aliphatic carbocycles. The molecule has 8 heterocycles. The first kappa shape index (κ1) is 99.2. The van der Waals surface area contributed by atoms with Gasteiger partial charge in [-0.3, -0.25) is 0 Å². The van der Waals surface area contributed by atoms with Crippen LogP contribution < -0.4 is 0 Å². The zero-order valence-electron chi connectivity index (χ0n) is 71.7. The number of hydrogen-bond donors (Lipinski definition) is 0. The van der Waals surface area contributed by atoms with Gasteiger partial charge in [0, 0.05) is 141 Å². The van der Waals surface area contributed by atoms with Crippen molar-refractivity contribution in [1.29, 1.82) is 0 Å². The SMILES string of the molecule is Cc1cc(-c2[c-]cccc2)ncc1-c1ccccc1.Cc1cc(-c2[c-]cccc2)ncc1-c1ccccc1.Cc1ccc(-c2[c-]cc(-c3ccccc3)cc2)nc1.Cc1cccc(-c2[c-]cccc2)n1.Cc1ccnc(-c2[c-]cc(-c3ccccc3)cc2)c1.[Ir].[Ir].[Ir].[Ir].[c-]1ccccc1-c1ccccn1.[c-]1ccccc1-c1ccccn1.[c-]1ccccc1-c1ccccn1. The van der Waals surface area contributed by atoms with E-state index in [2.05, 4.69) is 206 Å². The zero-order chi connectivity index (χ0) is 86.1. The third kappa shape index (κ3) is 31.5. The van der Waals surface area contributed by atoms with Crippen LogP contribution in [0.3, 0.4) is 0 Å². The van der Waals surface area contributed by atoms with Gasteiger partial charge in [-0.2, -0.15) is 0 Å². The molecule has 8 aromatic heterocycles. The molecule has 0 unspecified atom stereocenters. The van der Waals surface area contributed by atoms with Crippen molar-refractivity contribution < 1.29 is 80.4 Å². The van der Waals surface area contributed by atoms with Crippen molar-refractivity contribution in [3.8, 4) is 135 Å². The zero-order valence-corrected chi connectivity index (χ0v) is 81.3. The van der Waals surface area contributed by atoms with Crippen LogP contribution in [0.2, 0.25) is 0 Å². The summed E-state index contributed by atoms with van der Waals surface area (Å²) < 4.78 is 0. The molecular weight excluding hydrogens is 2290 g/mol. The van der Waals surface area contributed by atoms with Crippen molar-refractivity contribution in [3.63, 3.8) is 0 Å². The maximum atomic E-state index is 4.55. The van der Waals surface area contributed by atoms with Crippen LogP contribution in [0, 0.1) is 83.1 Å². The van der Waals surface area contributed by atoms with Gasteiger partial charge in [0.05, 0.1) is 0 Å². The van der Waals surface area contributed by atoms with Gasteiger partial charge in [-0.05, 0) is 138 Å². The summed E-state index contributed by atoms with van der Waals surface area (Å²) in [5.74, 6) is 0. The van der Waals surface area contributed by atoms with Crippen LogP contribution in [0.5, 0.6) is 0 Å². The Morgan fingerprint density at radius 3 is 0.798 bits per heavy atom. The number of nitrogens with zero attached hydrogens (tertiary/aromatic N) is 8. The minimum Gasteiger partial charge on any atom is -0.305 e. The van der Waals surface area contributed by atoms with E-state index in [1.807, 2.05) is 354 Å². The van der Waals surface area contributed by atoms with Gasteiger partial charge in [0.2, 0.25) is 0 Å². The molecule has 0 fully saturated rings. The summed E-state index contributed by atoms with van der Waals surface area (Å²) in [6.45, 7) is 10.3. The fourth-order valence-electron chi connectivity index (χ4n) is 12.9. The number of aryl methyl sites for hydroxylation is 5. The third-order valence-electron chi connectivity index (χ3n) is 19.4. The molecule has 0 aliphatic heterocycles. The second kappa shape index (κ2) is 54.5. The Labute approximate surface area is 814 Å². The van der Waals surface area contributed by atoms with Gasteiger partial charge < -0.3 is 39.9 Å². The molecule has 0 spiro atoms. The van der Waals surface area contributed by atoms with Gasteiger partial charge in [-0.15, -0.1) is 275 Å². The maximum Gasteiger partial charge on any atom is 0.0266 e. The van der Waals surface area contributed by atoms with Crippen molar-refractivity contribution in [3.05, 3.63) is 532 Å². The average Bonchev–Trinajstić information content (AvgIpc) is 0.815. The Balaban J connectivity index is 0.000000167. The van der Waals surface area contributed by atoms with Crippen molar-refractivity contribution in [1.82, 2.24) is 39.9 Å². The Hall–Kier alpha value is -13.6. The third-order valence-corrected chi connectivity index (χ3v) is 19.4. The first-order valence-electron chi connectivity index (χ1n) is 41.1. The summed E-state index contributed by atoms with van der Waals surface area (Å²) in [7, 11) is 0. The van der Waals surface area contributed by atoms with E-state index in [9.17, 15) is 0 Å². The number of hydrogen-bond acceptors (Lipinski definition) is 8. The molecule has 8 nitrogen and oxygen atoms in total. The normalized spacial score (nSPS) is 9.81. The van der Waals surface area contributed by atoms with E-state index < -0.39 is 0 Å². The average molecular weight is 2380 g/mol. The number of pyridine rings is 8. The molecular formula is C117H90Ir4N8-8. The van der Waals surface area contributed by atoms with Crippen LogP contribution in [0.1, 0.15) is 27.9 Å². The van der Waals surface area contributed by atoms with Gasteiger partial charge in [0.15, 0.2) is 0 Å². The Morgan fingerprint density at radius 1 is 0.186 bits per heavy atom. The summed E-state index contributed by atoms with van der Waals surface area (Å²) in [5.41, 5.74) is 31.5. The summed E-state index contributed by atoms with van der Waals surface area (Å²) in [6.07, 6.45) is 13.0. The fourth-order valence-corrected chi connectivity index (χ4v) is 12.9. The fraction of sp³-hybridized carbons (Fsp3) is 0.0427. The van der Waals surface area contributed by atoms with E-state index in [0.717, 1.165) is 95.8 Å². The van der Waals surface area contributed by atoms with Gasteiger partial charge in [0.25, 0.3) is 0 Å². The predicted octanol–water partition coefficient (Wildman–Crippen LogP) is 28.6. The molecule has 20 rings (SSSR count). The smallest absolute Gasteiger partial charge is 0.0266 e. The number of rotatable bonds is 12. The molecule has 0 amide bonds. The van der Waals surface area contributed by atoms with E-state index in [-0.39, 0.29) is 80.4 Å². The summed E-state index contributed by atoms with van der Waals surface area (Å²) >= 11 is 0. The molecule has 642 valence electrons. The topological polar surface area (TPSA) is 103 Å². The Bertz CT molecular complexity index is 6070. The summed E-state index contributed by atoms with van der Waals surface area (Å²) in [5, 5.41) is 0. The van der Waals surface area contributed by atoms with E-state index in [4.69, 9.17) is 0 Å². The van der Waals surface area contributed by atoms with Gasteiger partial charge >= 0.3 is 0 Å². The summed E-state index contributed by atoms with van der Waals surface area (Å²) in [4.78, 5) is 35.0. The van der Waals surface area contributed by atoms with Gasteiger partial charge in [-0.1, -0.05) is 228 Å². The van der Waals surface area contributed by atoms with Crippen molar-refractivity contribution in [2.75, 3.05) is 0 Å². The number of aromatic nitrogens is 8. The van der Waals surface area contributed by atoms with Crippen molar-refractivity contribution >= 4 is 0 Å². The van der Waals surface area contributed by atoms with E-state index in [1.165, 1.54) is 66.8 Å². The largest absolute Gasteiger partial charge is 0.305 e. The molecule has 12 aromatic carbocycles. The van der Waals surface area contributed by atoms with Crippen molar-refractivity contribution in [2.24, 2.45) is 0 Å². The minimum atomic E-state index is 0. The second-order valence-electron chi connectivity index (χ2n) is 28.6. The summed E-state index contributed by atoms with van der Waals surface area (Å²) in [6, 6.07) is 163. The van der Waals surface area contributed by atoms with Crippen LogP contribution in [-0.4, -0.2) is 39.9 Å². The molecule has 0 atom stereocenters. The minimum absolute atomic E-state index is 0. The van der Waals surface area contributed by atoms with Crippen LogP contribution in [-0.2, 0) is 80.4 Å². The Kier molecular flexibility index (Phi) is 41.9. The van der Waals surface area contributed by atoms with E-state index in [1.54, 1.807) is 18.6 Å². The second-order valence-corrected chi connectivity index (χ2v) is 28.6. The molecule has 0 aliphatic rings. The van der Waals surface area contributed by atoms with Crippen LogP contribution in [0.15, 0.2) is 456 Å². The van der Waals surface area contributed by atoms with Crippen LogP contribution in [0.4, 0.5) is 0 Å². The molecule has 0 N–H and O–H groups in total. The predicted molar refractivity (Wildman–Crippen MR) is 514 cm³/mol. The first-order valence-corrected chi connectivity index (χ1v) is 41.1. The quantitative estimate of drug-likeness (QED) is 0.111. The maximum absolute atomic E-state index is 4.55. The molecule has 129 heavy (non-hydrogen) atoms. The molecule has 0 bridgehead atoms. The van der Waals surface area contributed by atoms with Crippen LogP contribution in [0.25, 0.3) is 135 Å². The van der Waals surface area contributed by atoms with Gasteiger partial charge in [0.1, 0.15) is 0 Å². The standard InChI is InChI=1S/4C18H14N.C12H10N.3C11H8N.4Ir/c2*1-14-12-18(16-10-6-3-7-11-16)19-13-17(14)15-8-4-2-5-9-15;1-14-7-12-18(19-13-14)17-10-8-16(9-11-17)15-5-3-2-4-6-15;1-14-11-12-19-18(13-14)17-9-7-16(8-10-17)15-5-3-2-4-6-15;1-10-6-5-9-12(13-10)11-7-3-2-4-8-11;3*1-2-6-10(7-3-1)11-8-4-5-9-12-11;;;;/h3*2-10,12-13H,1H3;2-9,11-13H,1H3;2-7,9H,1H3;3*1-6,8-9H;;;;/q8*-1;;;;. The van der Waals surface area contributed by atoms with Crippen LogP contribution >= 0.6 is 0 Å². The Morgan fingerprint density at radius 2 is 0.488 bits per heavy atom. The molecule has 4 radical (unpaired) electrons. The molecule has 12 heteroatoms. The molecule has 0 saturated heterocycles. The number of benzene rings is 12. The van der Waals surface area contributed by atoms with Crippen molar-refractivity contribution in [2.45, 2.75) is 34.6 Å². The van der Waals surface area contributed by atoms with Gasteiger partial charge in [-0.25, -0.2) is 0 Å².